The van der Waals surface area contributed by atoms with Crippen LogP contribution in [-0.4, -0.2) is 25.2 Å². The number of carbonyl (C=O) groups is 1. The van der Waals surface area contributed by atoms with E-state index in [1.165, 1.54) is 0 Å². The third kappa shape index (κ3) is 2.42. The van der Waals surface area contributed by atoms with Gasteiger partial charge in [0.05, 0.1) is 6.61 Å². The molecule has 15 heavy (non-hydrogen) atoms. The average Bonchev–Trinajstić information content (AvgIpc) is 2.66. The summed E-state index contributed by atoms with van der Waals surface area (Å²) < 4.78 is 19.0. The Kier molecular flexibility index (Phi) is 2.82. The van der Waals surface area contributed by atoms with Crippen molar-refractivity contribution in [2.75, 3.05) is 13.2 Å². The van der Waals surface area contributed by atoms with Gasteiger partial charge in [-0.1, -0.05) is 24.3 Å². The normalized spacial score (nSPS) is 25.4. The topological polar surface area (TPSA) is 26.3 Å². The maximum Gasteiger partial charge on any atom is 0.150 e. The second kappa shape index (κ2) is 4.11. The summed E-state index contributed by atoms with van der Waals surface area (Å²) in [4.78, 5) is 10.4. The molecule has 0 spiro atoms. The van der Waals surface area contributed by atoms with Crippen molar-refractivity contribution >= 4 is 6.29 Å². The fourth-order valence-electron chi connectivity index (χ4n) is 1.80. The van der Waals surface area contributed by atoms with Gasteiger partial charge < -0.3 is 4.74 Å². The van der Waals surface area contributed by atoms with E-state index in [1.54, 1.807) is 24.3 Å². The Hall–Kier alpha value is -1.22. The predicted molar refractivity (Wildman–Crippen MR) is 54.8 cm³/mol. The summed E-state index contributed by atoms with van der Waals surface area (Å²) in [6, 6.07) is 7.01. The van der Waals surface area contributed by atoms with Crippen LogP contribution < -0.4 is 0 Å². The fourth-order valence-corrected chi connectivity index (χ4v) is 1.80. The second-order valence-electron chi connectivity index (χ2n) is 3.99. The van der Waals surface area contributed by atoms with E-state index in [1.807, 2.05) is 0 Å². The maximum atomic E-state index is 14.0. The van der Waals surface area contributed by atoms with Crippen molar-refractivity contribution in [1.29, 1.82) is 0 Å². The molecule has 80 valence electrons. The van der Waals surface area contributed by atoms with Crippen molar-refractivity contribution in [3.05, 3.63) is 35.4 Å². The van der Waals surface area contributed by atoms with Crippen molar-refractivity contribution < 1.29 is 13.9 Å². The van der Waals surface area contributed by atoms with Crippen LogP contribution in [0.4, 0.5) is 4.39 Å². The van der Waals surface area contributed by atoms with Crippen molar-refractivity contribution in [3.8, 4) is 0 Å². The third-order valence-electron chi connectivity index (χ3n) is 2.69. The summed E-state index contributed by atoms with van der Waals surface area (Å²) >= 11 is 0. The molecule has 0 bridgehead atoms. The van der Waals surface area contributed by atoms with Gasteiger partial charge >= 0.3 is 0 Å². The minimum Gasteiger partial charge on any atom is -0.378 e. The first-order valence-corrected chi connectivity index (χ1v) is 5.03. The van der Waals surface area contributed by atoms with Crippen LogP contribution in [0.5, 0.6) is 0 Å². The summed E-state index contributed by atoms with van der Waals surface area (Å²) in [5, 5.41) is 0. The minimum atomic E-state index is -1.22. The van der Waals surface area contributed by atoms with E-state index < -0.39 is 5.67 Å². The Morgan fingerprint density at radius 1 is 1.40 bits per heavy atom. The molecule has 0 aromatic heterocycles. The average molecular weight is 208 g/mol. The Morgan fingerprint density at radius 3 is 2.67 bits per heavy atom. The van der Waals surface area contributed by atoms with Gasteiger partial charge in [0.25, 0.3) is 0 Å². The van der Waals surface area contributed by atoms with Gasteiger partial charge in [-0.2, -0.15) is 0 Å². The Labute approximate surface area is 88.1 Å². The number of halogens is 1. The number of rotatable bonds is 3. The second-order valence-corrected chi connectivity index (χ2v) is 3.99. The molecule has 0 saturated carbocycles. The maximum absolute atomic E-state index is 14.0. The van der Waals surface area contributed by atoms with Gasteiger partial charge in [0.15, 0.2) is 0 Å². The molecule has 1 aromatic rings. The number of benzene rings is 1. The number of aldehydes is 1. The lowest BCUT2D eigenvalue weighted by molar-refractivity contribution is 0.112. The van der Waals surface area contributed by atoms with E-state index in [0.29, 0.717) is 25.0 Å². The van der Waals surface area contributed by atoms with Crippen LogP contribution in [0.3, 0.4) is 0 Å². The Morgan fingerprint density at radius 2 is 2.13 bits per heavy atom. The smallest absolute Gasteiger partial charge is 0.150 e. The van der Waals surface area contributed by atoms with Gasteiger partial charge in [-0.3, -0.25) is 4.79 Å². The molecule has 3 heteroatoms. The van der Waals surface area contributed by atoms with Crippen LogP contribution in [0.2, 0.25) is 0 Å². The first kappa shape index (κ1) is 10.3. The van der Waals surface area contributed by atoms with E-state index in [0.717, 1.165) is 11.8 Å². The molecule has 1 atom stereocenters. The van der Waals surface area contributed by atoms with Crippen LogP contribution >= 0.6 is 0 Å². The van der Waals surface area contributed by atoms with E-state index in [-0.39, 0.29) is 6.61 Å². The molecule has 2 nitrogen and oxygen atoms in total. The van der Waals surface area contributed by atoms with E-state index in [2.05, 4.69) is 0 Å². The quantitative estimate of drug-likeness (QED) is 0.711. The van der Waals surface area contributed by atoms with E-state index >= 15 is 0 Å². The zero-order valence-electron chi connectivity index (χ0n) is 8.41. The molecular formula is C12H13FO2. The highest BCUT2D eigenvalue weighted by atomic mass is 19.1. The molecule has 1 heterocycles. The zero-order chi connectivity index (χ0) is 10.7. The highest BCUT2D eigenvalue weighted by molar-refractivity contribution is 5.74. The standard InChI is InChI=1S/C12H13FO2/c13-12(5-6-15-9-12)7-10-1-3-11(8-14)4-2-10/h1-4,8H,5-7,9H2. The summed E-state index contributed by atoms with van der Waals surface area (Å²) in [7, 11) is 0. The van der Waals surface area contributed by atoms with Crippen LogP contribution in [0, 0.1) is 0 Å². The molecule has 1 unspecified atom stereocenters. The molecule has 0 radical (unpaired) electrons. The number of alkyl halides is 1. The first-order valence-electron chi connectivity index (χ1n) is 5.03. The molecule has 1 aromatic carbocycles. The molecule has 1 saturated heterocycles. The summed E-state index contributed by atoms with van der Waals surface area (Å²) in [6.45, 7) is 0.686. The first-order chi connectivity index (χ1) is 7.22. The zero-order valence-corrected chi connectivity index (χ0v) is 8.41. The van der Waals surface area contributed by atoms with Crippen molar-refractivity contribution in [3.63, 3.8) is 0 Å². The molecule has 2 rings (SSSR count). The van der Waals surface area contributed by atoms with Crippen LogP contribution in [-0.2, 0) is 11.2 Å². The summed E-state index contributed by atoms with van der Waals surface area (Å²) in [5.74, 6) is 0. The molecule has 1 aliphatic heterocycles. The molecule has 1 fully saturated rings. The molecule has 0 amide bonds. The lowest BCUT2D eigenvalue weighted by Crippen LogP contribution is -2.25. The molecule has 0 N–H and O–H groups in total. The Balaban J connectivity index is 2.07. The van der Waals surface area contributed by atoms with Gasteiger partial charge in [-0.25, -0.2) is 4.39 Å². The highest BCUT2D eigenvalue weighted by Gasteiger charge is 2.34. The number of hydrogen-bond acceptors (Lipinski definition) is 2. The van der Waals surface area contributed by atoms with Crippen LogP contribution in [0.15, 0.2) is 24.3 Å². The fraction of sp³-hybridized carbons (Fsp3) is 0.417. The largest absolute Gasteiger partial charge is 0.378 e. The van der Waals surface area contributed by atoms with Gasteiger partial charge in [0.2, 0.25) is 0 Å². The van der Waals surface area contributed by atoms with E-state index in [4.69, 9.17) is 4.74 Å². The number of carbonyl (C=O) groups excluding carboxylic acids is 1. The number of ether oxygens (including phenoxy) is 1. The monoisotopic (exact) mass is 208 g/mol. The minimum absolute atomic E-state index is 0.183. The van der Waals surface area contributed by atoms with Gasteiger partial charge in [0, 0.05) is 25.0 Å². The SMILES string of the molecule is O=Cc1ccc(CC2(F)CCOC2)cc1. The van der Waals surface area contributed by atoms with Crippen molar-refractivity contribution in [2.24, 2.45) is 0 Å². The lowest BCUT2D eigenvalue weighted by Gasteiger charge is -2.16. The lowest BCUT2D eigenvalue weighted by atomic mass is 9.95. The highest BCUT2D eigenvalue weighted by Crippen LogP contribution is 2.27. The molecule has 1 aliphatic rings. The Bertz CT molecular complexity index is 339. The van der Waals surface area contributed by atoms with Gasteiger partial charge in [-0.15, -0.1) is 0 Å². The summed E-state index contributed by atoms with van der Waals surface area (Å²) in [6.07, 6.45) is 1.61. The van der Waals surface area contributed by atoms with Crippen molar-refractivity contribution in [2.45, 2.75) is 18.5 Å². The van der Waals surface area contributed by atoms with Crippen LogP contribution in [0.1, 0.15) is 22.3 Å². The van der Waals surface area contributed by atoms with E-state index in [9.17, 15) is 9.18 Å². The van der Waals surface area contributed by atoms with Gasteiger partial charge in [-0.05, 0) is 5.56 Å². The molecule has 0 aliphatic carbocycles. The third-order valence-corrected chi connectivity index (χ3v) is 2.69. The predicted octanol–water partition coefficient (Wildman–Crippen LogP) is 2.17. The summed E-state index contributed by atoms with van der Waals surface area (Å²) in [5.41, 5.74) is 0.311. The molecular weight excluding hydrogens is 195 g/mol. The number of hydrogen-bond donors (Lipinski definition) is 0. The van der Waals surface area contributed by atoms with Crippen molar-refractivity contribution in [1.82, 2.24) is 0 Å². The van der Waals surface area contributed by atoms with Gasteiger partial charge in [0.1, 0.15) is 12.0 Å². The van der Waals surface area contributed by atoms with Crippen LogP contribution in [0.25, 0.3) is 0 Å².